The molecule has 0 unspecified atom stereocenters. The summed E-state index contributed by atoms with van der Waals surface area (Å²) >= 11 is 17.5. The average molecular weight is 438 g/mol. The van der Waals surface area contributed by atoms with Crippen LogP contribution >= 0.6 is 35.4 Å². The summed E-state index contributed by atoms with van der Waals surface area (Å²) in [6.07, 6.45) is 1.59. The number of nitrogens with zero attached hydrogens (tertiary/aromatic N) is 3. The average Bonchev–Trinajstić information content (AvgIpc) is 3.10. The molecule has 0 aliphatic carbocycles. The third kappa shape index (κ3) is 5.03. The lowest BCUT2D eigenvalue weighted by Crippen LogP contribution is -2.20. The second-order valence-corrected chi connectivity index (χ2v) is 6.90. The number of nitrogens with one attached hydrogen (secondary N) is 2. The molecule has 7 nitrogen and oxygen atoms in total. The molecule has 0 saturated heterocycles. The van der Waals surface area contributed by atoms with Gasteiger partial charge in [0.25, 0.3) is 0 Å². The van der Waals surface area contributed by atoms with Crippen molar-refractivity contribution in [2.75, 3.05) is 24.9 Å². The molecule has 0 saturated carbocycles. The van der Waals surface area contributed by atoms with Crippen molar-refractivity contribution in [2.24, 2.45) is 0 Å². The fourth-order valence-electron chi connectivity index (χ4n) is 2.42. The van der Waals surface area contributed by atoms with Gasteiger partial charge in [-0.05, 0) is 42.0 Å². The van der Waals surface area contributed by atoms with Crippen LogP contribution in [0.25, 0.3) is 0 Å². The second-order valence-electron chi connectivity index (χ2n) is 5.65. The number of benzene rings is 2. The molecule has 10 heteroatoms. The van der Waals surface area contributed by atoms with Crippen molar-refractivity contribution >= 4 is 52.2 Å². The van der Waals surface area contributed by atoms with Crippen LogP contribution in [0.15, 0.2) is 42.7 Å². The molecule has 146 valence electrons. The topological polar surface area (TPSA) is 73.2 Å². The number of hydrogen-bond acceptors (Lipinski definition) is 5. The molecule has 2 aromatic carbocycles. The summed E-state index contributed by atoms with van der Waals surface area (Å²) in [4.78, 5) is 4.21. The van der Waals surface area contributed by atoms with Crippen LogP contribution in [-0.4, -0.2) is 34.1 Å². The molecule has 0 amide bonds. The highest BCUT2D eigenvalue weighted by Gasteiger charge is 2.10. The molecular formula is C18H17Cl2N5O2S. The van der Waals surface area contributed by atoms with E-state index in [0.717, 1.165) is 5.56 Å². The molecular weight excluding hydrogens is 421 g/mol. The van der Waals surface area contributed by atoms with Gasteiger partial charge in [0.15, 0.2) is 5.11 Å². The summed E-state index contributed by atoms with van der Waals surface area (Å²) in [5, 5.41) is 11.8. The van der Waals surface area contributed by atoms with E-state index in [0.29, 0.717) is 44.8 Å². The SMILES string of the molecule is COc1ccc(OC)c(NC(=S)Nc2ncn(Cc3ccc(Cl)cc3Cl)n2)c1. The summed E-state index contributed by atoms with van der Waals surface area (Å²) in [5.41, 5.74) is 1.54. The normalized spacial score (nSPS) is 10.4. The van der Waals surface area contributed by atoms with Crippen molar-refractivity contribution in [1.82, 2.24) is 14.8 Å². The van der Waals surface area contributed by atoms with Gasteiger partial charge in [0.05, 0.1) is 26.5 Å². The highest BCUT2D eigenvalue weighted by molar-refractivity contribution is 7.80. The zero-order valence-electron chi connectivity index (χ0n) is 15.1. The predicted molar refractivity (Wildman–Crippen MR) is 115 cm³/mol. The van der Waals surface area contributed by atoms with E-state index in [2.05, 4.69) is 20.7 Å². The van der Waals surface area contributed by atoms with Crippen molar-refractivity contribution in [3.63, 3.8) is 0 Å². The van der Waals surface area contributed by atoms with Crippen molar-refractivity contribution in [2.45, 2.75) is 6.54 Å². The minimum Gasteiger partial charge on any atom is -0.497 e. The minimum atomic E-state index is 0.314. The summed E-state index contributed by atoms with van der Waals surface area (Å²) in [6, 6.07) is 10.7. The fraction of sp³-hybridized carbons (Fsp3) is 0.167. The number of anilines is 2. The molecule has 0 aliphatic rings. The highest BCUT2D eigenvalue weighted by Crippen LogP contribution is 2.29. The number of hydrogen-bond donors (Lipinski definition) is 2. The number of rotatable bonds is 6. The van der Waals surface area contributed by atoms with Crippen LogP contribution in [0.2, 0.25) is 10.0 Å². The maximum absolute atomic E-state index is 6.20. The summed E-state index contributed by atoms with van der Waals surface area (Å²) in [6.45, 7) is 0.453. The fourth-order valence-corrected chi connectivity index (χ4v) is 3.09. The third-order valence-corrected chi connectivity index (χ3v) is 4.56. The monoisotopic (exact) mass is 437 g/mol. The van der Waals surface area contributed by atoms with Crippen molar-refractivity contribution in [3.8, 4) is 11.5 Å². The Morgan fingerprint density at radius 3 is 2.64 bits per heavy atom. The maximum atomic E-state index is 6.20. The summed E-state index contributed by atoms with van der Waals surface area (Å²) in [7, 11) is 3.17. The minimum absolute atomic E-state index is 0.314. The van der Waals surface area contributed by atoms with Crippen molar-refractivity contribution in [1.29, 1.82) is 0 Å². The Morgan fingerprint density at radius 2 is 1.93 bits per heavy atom. The van der Waals surface area contributed by atoms with E-state index in [1.165, 1.54) is 0 Å². The Balaban J connectivity index is 1.66. The molecule has 0 bridgehead atoms. The van der Waals surface area contributed by atoms with E-state index < -0.39 is 0 Å². The van der Waals surface area contributed by atoms with E-state index in [-0.39, 0.29) is 0 Å². The lowest BCUT2D eigenvalue weighted by atomic mass is 10.2. The standard InChI is InChI=1S/C18H17Cl2N5O2S/c1-26-13-5-6-16(27-2)15(8-13)22-18(28)23-17-21-10-25(24-17)9-11-3-4-12(19)7-14(11)20/h3-8,10H,9H2,1-2H3,(H2,22,23,24,28). The number of methoxy groups -OCH3 is 2. The van der Waals surface area contributed by atoms with Gasteiger partial charge in [-0.25, -0.2) is 9.67 Å². The van der Waals surface area contributed by atoms with E-state index >= 15 is 0 Å². The zero-order valence-corrected chi connectivity index (χ0v) is 17.4. The van der Waals surface area contributed by atoms with E-state index in [1.807, 2.05) is 6.07 Å². The van der Waals surface area contributed by atoms with Crippen LogP contribution in [0.4, 0.5) is 11.6 Å². The first kappa shape index (κ1) is 20.2. The van der Waals surface area contributed by atoms with Crippen LogP contribution in [0.5, 0.6) is 11.5 Å². The molecule has 0 spiro atoms. The van der Waals surface area contributed by atoms with Crippen LogP contribution in [-0.2, 0) is 6.54 Å². The smallest absolute Gasteiger partial charge is 0.248 e. The second kappa shape index (κ2) is 9.09. The molecule has 28 heavy (non-hydrogen) atoms. The van der Waals surface area contributed by atoms with Gasteiger partial charge in [0.1, 0.15) is 17.8 Å². The highest BCUT2D eigenvalue weighted by atomic mass is 35.5. The number of aromatic nitrogens is 3. The van der Waals surface area contributed by atoms with Crippen LogP contribution < -0.4 is 20.1 Å². The van der Waals surface area contributed by atoms with Gasteiger partial charge in [0, 0.05) is 16.1 Å². The molecule has 0 atom stereocenters. The van der Waals surface area contributed by atoms with Crippen LogP contribution in [0.3, 0.4) is 0 Å². The summed E-state index contributed by atoms with van der Waals surface area (Å²) in [5.74, 6) is 1.65. The lowest BCUT2D eigenvalue weighted by molar-refractivity contribution is 0.405. The molecule has 3 rings (SSSR count). The van der Waals surface area contributed by atoms with E-state index in [4.69, 9.17) is 44.9 Å². The number of ether oxygens (including phenoxy) is 2. The molecule has 1 heterocycles. The molecule has 0 aliphatic heterocycles. The Bertz CT molecular complexity index is 996. The number of thiocarbonyl (C=S) groups is 1. The van der Waals surface area contributed by atoms with Gasteiger partial charge >= 0.3 is 0 Å². The van der Waals surface area contributed by atoms with Gasteiger partial charge in [-0.3, -0.25) is 5.32 Å². The Labute approximate surface area is 177 Å². The predicted octanol–water partition coefficient (Wildman–Crippen LogP) is 4.46. The van der Waals surface area contributed by atoms with Crippen LogP contribution in [0.1, 0.15) is 5.56 Å². The lowest BCUT2D eigenvalue weighted by Gasteiger charge is -2.13. The van der Waals surface area contributed by atoms with Gasteiger partial charge < -0.3 is 14.8 Å². The number of halogens is 2. The van der Waals surface area contributed by atoms with Gasteiger partial charge in [0.2, 0.25) is 5.95 Å². The van der Waals surface area contributed by atoms with Gasteiger partial charge in [-0.1, -0.05) is 29.3 Å². The molecule has 2 N–H and O–H groups in total. The quantitative estimate of drug-likeness (QED) is 0.551. The molecule has 1 aromatic heterocycles. The van der Waals surface area contributed by atoms with Gasteiger partial charge in [-0.15, -0.1) is 5.10 Å². The Hall–Kier alpha value is -2.55. The third-order valence-electron chi connectivity index (χ3n) is 3.76. The first-order valence-corrected chi connectivity index (χ1v) is 9.28. The van der Waals surface area contributed by atoms with E-state index in [1.54, 1.807) is 55.6 Å². The largest absolute Gasteiger partial charge is 0.497 e. The maximum Gasteiger partial charge on any atom is 0.248 e. The zero-order chi connectivity index (χ0) is 20.1. The van der Waals surface area contributed by atoms with E-state index in [9.17, 15) is 0 Å². The molecule has 0 radical (unpaired) electrons. The summed E-state index contributed by atoms with van der Waals surface area (Å²) < 4.78 is 12.2. The molecule has 3 aromatic rings. The van der Waals surface area contributed by atoms with Crippen LogP contribution in [0, 0.1) is 0 Å². The molecule has 0 fully saturated rings. The van der Waals surface area contributed by atoms with Crippen molar-refractivity contribution in [3.05, 3.63) is 58.3 Å². The first-order chi connectivity index (χ1) is 13.5. The van der Waals surface area contributed by atoms with Gasteiger partial charge in [-0.2, -0.15) is 0 Å². The van der Waals surface area contributed by atoms with Crippen molar-refractivity contribution < 1.29 is 9.47 Å². The first-order valence-electron chi connectivity index (χ1n) is 8.12. The Morgan fingerprint density at radius 1 is 1.11 bits per heavy atom. The Kier molecular flexibility index (Phi) is 6.56.